The van der Waals surface area contributed by atoms with E-state index >= 15 is 0 Å². The van der Waals surface area contributed by atoms with Crippen molar-refractivity contribution in [3.8, 4) is 5.69 Å². The summed E-state index contributed by atoms with van der Waals surface area (Å²) < 4.78 is 15.8. The zero-order valence-corrected chi connectivity index (χ0v) is 16.0. The van der Waals surface area contributed by atoms with Crippen LogP contribution in [0.4, 0.5) is 9.18 Å². The Morgan fingerprint density at radius 1 is 1.03 bits per heavy atom. The molecule has 0 radical (unpaired) electrons. The Hall–Kier alpha value is -3.68. The zero-order valence-electron chi connectivity index (χ0n) is 16.0. The minimum atomic E-state index is -0.398. The molecule has 3 N–H and O–H groups in total. The number of nitrogens with zero attached hydrogens (tertiary/aromatic N) is 2. The highest BCUT2D eigenvalue weighted by molar-refractivity contribution is 5.94. The van der Waals surface area contributed by atoms with Crippen LogP contribution in [-0.4, -0.2) is 28.0 Å². The fraction of sp³-hybridized carbons (Fsp3) is 0.190. The molecule has 0 unspecified atom stereocenters. The first-order chi connectivity index (χ1) is 14.1. The molecule has 0 aliphatic heterocycles. The van der Waals surface area contributed by atoms with Crippen molar-refractivity contribution in [3.63, 3.8) is 0 Å². The Morgan fingerprint density at radius 3 is 2.45 bits per heavy atom. The van der Waals surface area contributed by atoms with E-state index in [1.807, 2.05) is 13.0 Å². The summed E-state index contributed by atoms with van der Waals surface area (Å²) in [6, 6.07) is 11.4. The van der Waals surface area contributed by atoms with Gasteiger partial charge in [0.25, 0.3) is 5.91 Å². The number of halogens is 1. The van der Waals surface area contributed by atoms with E-state index in [0.717, 1.165) is 5.56 Å². The van der Waals surface area contributed by atoms with Crippen LogP contribution in [0.5, 0.6) is 0 Å². The van der Waals surface area contributed by atoms with Gasteiger partial charge in [-0.3, -0.25) is 4.79 Å². The number of hydrogen-bond donors (Lipinski definition) is 3. The van der Waals surface area contributed by atoms with Crippen LogP contribution >= 0.6 is 0 Å². The summed E-state index contributed by atoms with van der Waals surface area (Å²) in [5, 5.41) is 8.16. The van der Waals surface area contributed by atoms with Crippen LogP contribution in [0.1, 0.15) is 28.4 Å². The second kappa shape index (κ2) is 9.50. The Kier molecular flexibility index (Phi) is 6.57. The highest BCUT2D eigenvalue weighted by Gasteiger charge is 2.08. The van der Waals surface area contributed by atoms with E-state index in [9.17, 15) is 14.0 Å². The summed E-state index contributed by atoms with van der Waals surface area (Å²) in [7, 11) is 0. The molecule has 8 heteroatoms. The van der Waals surface area contributed by atoms with Gasteiger partial charge >= 0.3 is 6.03 Å². The molecule has 0 saturated carbocycles. The quantitative estimate of drug-likeness (QED) is 0.575. The summed E-state index contributed by atoms with van der Waals surface area (Å²) in [5.41, 5.74) is 2.38. The first-order valence-corrected chi connectivity index (χ1v) is 9.22. The molecule has 150 valence electrons. The van der Waals surface area contributed by atoms with Gasteiger partial charge in [-0.05, 0) is 42.3 Å². The van der Waals surface area contributed by atoms with E-state index in [1.165, 1.54) is 12.4 Å². The number of imidazole rings is 1. The van der Waals surface area contributed by atoms with E-state index in [0.29, 0.717) is 23.4 Å². The number of carbonyl (C=O) groups is 2. The molecule has 2 aromatic carbocycles. The van der Waals surface area contributed by atoms with Crippen LogP contribution < -0.4 is 16.0 Å². The lowest BCUT2D eigenvalue weighted by molar-refractivity contribution is 0.0955. The number of nitrogens with one attached hydrogen (secondary N) is 3. The van der Waals surface area contributed by atoms with E-state index in [1.54, 1.807) is 47.3 Å². The number of urea groups is 1. The summed E-state index contributed by atoms with van der Waals surface area (Å²) in [6.45, 7) is 2.86. The third-order valence-electron chi connectivity index (χ3n) is 4.23. The summed E-state index contributed by atoms with van der Waals surface area (Å²) in [6.07, 6.45) is 4.75. The van der Waals surface area contributed by atoms with Crippen LogP contribution in [-0.2, 0) is 13.1 Å². The van der Waals surface area contributed by atoms with Gasteiger partial charge in [0.1, 0.15) is 5.82 Å². The van der Waals surface area contributed by atoms with Crippen molar-refractivity contribution in [2.24, 2.45) is 0 Å². The third-order valence-corrected chi connectivity index (χ3v) is 4.23. The smallest absolute Gasteiger partial charge is 0.315 e. The van der Waals surface area contributed by atoms with Crippen molar-refractivity contribution in [1.29, 1.82) is 0 Å². The molecule has 0 atom stereocenters. The van der Waals surface area contributed by atoms with E-state index in [2.05, 4.69) is 20.9 Å². The lowest BCUT2D eigenvalue weighted by atomic mass is 10.1. The van der Waals surface area contributed by atoms with Crippen molar-refractivity contribution >= 4 is 11.9 Å². The van der Waals surface area contributed by atoms with Gasteiger partial charge in [0.15, 0.2) is 0 Å². The van der Waals surface area contributed by atoms with Gasteiger partial charge in [-0.15, -0.1) is 0 Å². The Balaban J connectivity index is 1.51. The molecule has 7 nitrogen and oxygen atoms in total. The number of amides is 3. The van der Waals surface area contributed by atoms with Gasteiger partial charge in [0.2, 0.25) is 0 Å². The minimum Gasteiger partial charge on any atom is -0.352 e. The molecule has 0 aliphatic carbocycles. The van der Waals surface area contributed by atoms with E-state index in [-0.39, 0.29) is 25.0 Å². The van der Waals surface area contributed by atoms with Gasteiger partial charge in [0, 0.05) is 37.6 Å². The maximum atomic E-state index is 14.3. The summed E-state index contributed by atoms with van der Waals surface area (Å²) in [4.78, 5) is 27.8. The Morgan fingerprint density at radius 2 is 1.79 bits per heavy atom. The Bertz CT molecular complexity index is 988. The molecular weight excluding hydrogens is 373 g/mol. The fourth-order valence-electron chi connectivity index (χ4n) is 2.78. The summed E-state index contributed by atoms with van der Waals surface area (Å²) >= 11 is 0. The minimum absolute atomic E-state index is 0.153. The first kappa shape index (κ1) is 20.1. The van der Waals surface area contributed by atoms with Crippen LogP contribution in [0.25, 0.3) is 5.69 Å². The average Bonchev–Trinajstić information content (AvgIpc) is 3.25. The molecule has 3 rings (SSSR count). The second-order valence-electron chi connectivity index (χ2n) is 6.35. The van der Waals surface area contributed by atoms with Crippen LogP contribution in [0.3, 0.4) is 0 Å². The molecule has 1 aromatic heterocycles. The maximum absolute atomic E-state index is 14.3. The molecular formula is C21H22FN5O2. The SMILES string of the molecule is CCNC(=O)c1cccc(CNC(=O)NCc2ccc(-n3ccnc3)c(F)c2)c1. The highest BCUT2D eigenvalue weighted by Crippen LogP contribution is 2.15. The molecule has 0 fully saturated rings. The molecule has 0 aliphatic rings. The maximum Gasteiger partial charge on any atom is 0.315 e. The molecule has 3 amide bonds. The zero-order chi connectivity index (χ0) is 20.6. The fourth-order valence-corrected chi connectivity index (χ4v) is 2.78. The molecule has 0 spiro atoms. The normalized spacial score (nSPS) is 10.4. The first-order valence-electron chi connectivity index (χ1n) is 9.22. The van der Waals surface area contributed by atoms with E-state index in [4.69, 9.17) is 0 Å². The number of carbonyl (C=O) groups excluding carboxylic acids is 2. The monoisotopic (exact) mass is 395 g/mol. The second-order valence-corrected chi connectivity index (χ2v) is 6.35. The largest absolute Gasteiger partial charge is 0.352 e. The van der Waals surface area contributed by atoms with Crippen molar-refractivity contribution in [1.82, 2.24) is 25.5 Å². The van der Waals surface area contributed by atoms with Gasteiger partial charge in [-0.1, -0.05) is 18.2 Å². The van der Waals surface area contributed by atoms with Crippen molar-refractivity contribution in [2.75, 3.05) is 6.54 Å². The van der Waals surface area contributed by atoms with E-state index < -0.39 is 5.82 Å². The summed E-state index contributed by atoms with van der Waals surface area (Å²) in [5.74, 6) is -0.551. The lowest BCUT2D eigenvalue weighted by Gasteiger charge is -2.10. The molecule has 29 heavy (non-hydrogen) atoms. The molecule has 0 saturated heterocycles. The van der Waals surface area contributed by atoms with Crippen molar-refractivity contribution in [2.45, 2.75) is 20.0 Å². The standard InChI is InChI=1S/C21H22FN5O2/c1-2-24-20(28)17-5-3-4-15(10-17)12-25-21(29)26-13-16-6-7-19(18(22)11-16)27-9-8-23-14-27/h3-11,14H,2,12-13H2,1H3,(H,24,28)(H2,25,26,29). The van der Waals surface area contributed by atoms with Crippen LogP contribution in [0.2, 0.25) is 0 Å². The topological polar surface area (TPSA) is 88.0 Å². The van der Waals surface area contributed by atoms with Gasteiger partial charge in [-0.2, -0.15) is 0 Å². The average molecular weight is 395 g/mol. The predicted molar refractivity (Wildman–Crippen MR) is 107 cm³/mol. The third kappa shape index (κ3) is 5.41. The molecule has 0 bridgehead atoms. The van der Waals surface area contributed by atoms with Gasteiger partial charge in [-0.25, -0.2) is 14.2 Å². The Labute approximate surface area is 168 Å². The highest BCUT2D eigenvalue weighted by atomic mass is 19.1. The van der Waals surface area contributed by atoms with Crippen LogP contribution in [0, 0.1) is 5.82 Å². The van der Waals surface area contributed by atoms with Gasteiger partial charge in [0.05, 0.1) is 12.0 Å². The van der Waals surface area contributed by atoms with Crippen LogP contribution in [0.15, 0.2) is 61.2 Å². The number of benzene rings is 2. The molecule has 1 heterocycles. The van der Waals surface area contributed by atoms with Crippen molar-refractivity contribution in [3.05, 3.63) is 83.7 Å². The van der Waals surface area contributed by atoms with Gasteiger partial charge < -0.3 is 20.5 Å². The number of rotatable bonds is 7. The predicted octanol–water partition coefficient (Wildman–Crippen LogP) is 2.76. The lowest BCUT2D eigenvalue weighted by Crippen LogP contribution is -2.34. The number of hydrogen-bond acceptors (Lipinski definition) is 3. The molecule has 3 aromatic rings. The number of aromatic nitrogens is 2. The van der Waals surface area contributed by atoms with Crippen molar-refractivity contribution < 1.29 is 14.0 Å².